The molecule has 376 valence electrons. The quantitative estimate of drug-likeness (QED) is 0.0359. The van der Waals surface area contributed by atoms with Gasteiger partial charge in [0.2, 0.25) is 0 Å². The number of hydrogen-bond acceptors (Lipinski definition) is 21. The zero-order valence-corrected chi connectivity index (χ0v) is 39.0. The summed E-state index contributed by atoms with van der Waals surface area (Å²) < 4.78 is 149. The number of carboxylic acid groups (broad SMARTS) is 1. The third kappa shape index (κ3) is 11.0. The van der Waals surface area contributed by atoms with E-state index in [4.69, 9.17) is 9.47 Å². The molecular weight excluding hydrogens is 1040 g/mol. The molecule has 0 saturated carbocycles. The highest BCUT2D eigenvalue weighted by Gasteiger charge is 2.26. The van der Waals surface area contributed by atoms with Crippen LogP contribution in [0.3, 0.4) is 0 Å². The number of aromatic carboxylic acids is 1. The van der Waals surface area contributed by atoms with Crippen LogP contribution in [0.25, 0.3) is 27.2 Å². The highest BCUT2D eigenvalue weighted by atomic mass is 32.2. The number of aromatic nitrogens is 2. The van der Waals surface area contributed by atoms with Crippen LogP contribution in [-0.4, -0.2) is 114 Å². The van der Waals surface area contributed by atoms with E-state index in [0.717, 1.165) is 78.9 Å². The van der Waals surface area contributed by atoms with Gasteiger partial charge in [-0.15, -0.1) is 25.6 Å². The van der Waals surface area contributed by atoms with Crippen LogP contribution in [0, 0.1) is 0 Å². The molecule has 32 heteroatoms. The van der Waals surface area contributed by atoms with Crippen molar-refractivity contribution < 1.29 is 86.6 Å². The van der Waals surface area contributed by atoms with Crippen molar-refractivity contribution in [2.75, 3.05) is 26.4 Å². The first-order valence-electron chi connectivity index (χ1n) is 19.7. The fourth-order valence-electron chi connectivity index (χ4n) is 6.73. The number of ether oxygens (including phenoxy) is 2. The zero-order chi connectivity index (χ0) is 52.5. The number of carbonyl (C=O) groups is 1. The first kappa shape index (κ1) is 51.9. The minimum atomic E-state index is -5.27. The number of phenols is 1. The molecule has 0 aliphatic carbocycles. The number of aromatic hydroxyl groups is 1. The van der Waals surface area contributed by atoms with Crippen LogP contribution in [0.1, 0.15) is 10.5 Å². The Balaban J connectivity index is 1.28. The number of benzene rings is 6. The van der Waals surface area contributed by atoms with Crippen molar-refractivity contribution in [1.29, 1.82) is 0 Å². The minimum Gasteiger partial charge on any atom is -0.505 e. The van der Waals surface area contributed by atoms with Gasteiger partial charge >= 0.3 is 5.97 Å². The lowest BCUT2D eigenvalue weighted by Gasteiger charge is -2.13. The molecule has 0 fully saturated rings. The summed E-state index contributed by atoms with van der Waals surface area (Å²) in [4.78, 5) is 22.2. The number of carboxylic acids is 1. The van der Waals surface area contributed by atoms with Crippen molar-refractivity contribution in [2.45, 2.75) is 19.6 Å². The highest BCUT2D eigenvalue weighted by Crippen LogP contribution is 2.46. The Morgan fingerprint density at radius 2 is 1.15 bits per heavy atom. The number of hydrogen-bond donors (Lipinski definition) is 9. The molecule has 1 aromatic heterocycles. The molecule has 0 amide bonds. The Labute approximate surface area is 403 Å². The first-order chi connectivity index (χ1) is 33.8. The first-order valence-corrected chi connectivity index (χ1v) is 25.4. The lowest BCUT2D eigenvalue weighted by atomic mass is 10.1. The molecular formula is C40H32N8O20S4. The van der Waals surface area contributed by atoms with Crippen LogP contribution in [0.4, 0.5) is 34.1 Å². The lowest BCUT2D eigenvalue weighted by Crippen LogP contribution is -2.14. The number of aromatic amines is 1. The van der Waals surface area contributed by atoms with Crippen LogP contribution in [0.2, 0.25) is 0 Å². The van der Waals surface area contributed by atoms with Crippen LogP contribution >= 0.6 is 0 Å². The zero-order valence-electron chi connectivity index (χ0n) is 35.7. The van der Waals surface area contributed by atoms with Crippen LogP contribution < -0.4 is 15.0 Å². The summed E-state index contributed by atoms with van der Waals surface area (Å²) in [5.41, 5.74) is -4.79. The summed E-state index contributed by atoms with van der Waals surface area (Å²) in [6.45, 7) is -2.01. The summed E-state index contributed by atoms with van der Waals surface area (Å²) in [6, 6.07) is 15.8. The van der Waals surface area contributed by atoms with Crippen molar-refractivity contribution in [2.24, 2.45) is 30.7 Å². The van der Waals surface area contributed by atoms with Gasteiger partial charge in [-0.25, -0.2) is 9.48 Å². The molecule has 0 bridgehead atoms. The van der Waals surface area contributed by atoms with Gasteiger partial charge in [0.25, 0.3) is 46.0 Å². The van der Waals surface area contributed by atoms with E-state index in [9.17, 15) is 81.9 Å². The number of aliphatic hydroxyl groups excluding tert-OH is 2. The van der Waals surface area contributed by atoms with E-state index < -0.39 is 127 Å². The fraction of sp³-hybridized carbons (Fsp3) is 0.100. The number of rotatable bonds is 18. The van der Waals surface area contributed by atoms with Gasteiger partial charge in [0.15, 0.2) is 17.1 Å². The molecule has 0 atom stereocenters. The number of phenolic OH excluding ortho intramolecular Hbond substituents is 1. The van der Waals surface area contributed by atoms with Gasteiger partial charge < -0.3 is 29.9 Å². The van der Waals surface area contributed by atoms with Crippen molar-refractivity contribution in [1.82, 2.24) is 9.78 Å². The number of nitrogens with one attached hydrogen (secondary N) is 1. The third-order valence-corrected chi connectivity index (χ3v) is 13.4. The number of H-pyrrole nitrogens is 1. The summed E-state index contributed by atoms with van der Waals surface area (Å²) in [5, 5.41) is 65.1. The second-order valence-corrected chi connectivity index (χ2v) is 20.0. The van der Waals surface area contributed by atoms with E-state index >= 15 is 0 Å². The Bertz CT molecular complexity index is 3970. The van der Waals surface area contributed by atoms with Crippen molar-refractivity contribution in [3.63, 3.8) is 0 Å². The number of fused-ring (bicyclic) bond motifs is 2. The topological polar surface area (TPSA) is 446 Å². The van der Waals surface area contributed by atoms with E-state index in [1.807, 2.05) is 0 Å². The Hall–Kier alpha value is -7.92. The van der Waals surface area contributed by atoms with Gasteiger partial charge in [-0.1, -0.05) is 18.2 Å². The number of azo groups is 3. The molecule has 0 aliphatic heterocycles. The van der Waals surface area contributed by atoms with E-state index in [1.54, 1.807) is 0 Å². The van der Waals surface area contributed by atoms with E-state index in [2.05, 4.69) is 35.8 Å². The third-order valence-electron chi connectivity index (χ3n) is 9.80. The van der Waals surface area contributed by atoms with Crippen molar-refractivity contribution in [3.8, 4) is 22.9 Å². The van der Waals surface area contributed by atoms with Gasteiger partial charge in [-0.05, 0) is 66.0 Å². The predicted octanol–water partition coefficient (Wildman–Crippen LogP) is 5.85. The van der Waals surface area contributed by atoms with Crippen molar-refractivity contribution >= 4 is 102 Å². The van der Waals surface area contributed by atoms with Crippen LogP contribution in [0.5, 0.6) is 17.2 Å². The molecule has 7 rings (SSSR count). The SMILES string of the molecule is O=C(O)c1[nH]n(-c2ccc(S(=O)(=O)O)cc2)c(=O)c1N=Nc1ccc2c(O)c(N=Nc3cc(OCCO)c(N=Nc4ccc5c(S(=O)(=O)O)cccc5c4S(=O)(=O)O)cc3OCCO)c(S(=O)(=O)O)cc2c1. The maximum Gasteiger partial charge on any atom is 0.356 e. The summed E-state index contributed by atoms with van der Waals surface area (Å²) in [7, 11) is -19.9. The van der Waals surface area contributed by atoms with E-state index in [0.29, 0.717) is 4.68 Å². The molecule has 72 heavy (non-hydrogen) atoms. The average molecular weight is 1070 g/mol. The summed E-state index contributed by atoms with van der Waals surface area (Å²) in [5.74, 6) is -3.13. The normalized spacial score (nSPS) is 12.8. The highest BCUT2D eigenvalue weighted by molar-refractivity contribution is 7.87. The Morgan fingerprint density at radius 1 is 0.583 bits per heavy atom. The smallest absolute Gasteiger partial charge is 0.356 e. The number of nitrogens with zero attached hydrogens (tertiary/aromatic N) is 7. The van der Waals surface area contributed by atoms with Crippen LogP contribution in [-0.2, 0) is 40.5 Å². The second kappa shape index (κ2) is 20.1. The van der Waals surface area contributed by atoms with Gasteiger partial charge in [-0.2, -0.15) is 38.8 Å². The molecule has 28 nitrogen and oxygen atoms in total. The van der Waals surface area contributed by atoms with Gasteiger partial charge in [0.1, 0.15) is 62.1 Å². The lowest BCUT2D eigenvalue weighted by molar-refractivity contribution is 0.0690. The minimum absolute atomic E-state index is 0.0624. The maximum atomic E-state index is 13.3. The van der Waals surface area contributed by atoms with E-state index in [-0.39, 0.29) is 55.8 Å². The molecule has 0 unspecified atom stereocenters. The van der Waals surface area contributed by atoms with Crippen molar-refractivity contribution in [3.05, 3.63) is 107 Å². The average Bonchev–Trinajstić information content (AvgIpc) is 3.65. The van der Waals surface area contributed by atoms with Gasteiger partial charge in [0, 0.05) is 28.3 Å². The summed E-state index contributed by atoms with van der Waals surface area (Å²) in [6.07, 6.45) is 0. The second-order valence-electron chi connectivity index (χ2n) is 14.4. The fourth-order valence-corrected chi connectivity index (χ4v) is 9.41. The molecule has 7 aromatic rings. The van der Waals surface area contributed by atoms with Crippen LogP contribution in [0.15, 0.2) is 146 Å². The molecule has 0 aliphatic rings. The largest absolute Gasteiger partial charge is 0.505 e. The molecule has 1 heterocycles. The predicted molar refractivity (Wildman–Crippen MR) is 246 cm³/mol. The number of aliphatic hydroxyl groups is 2. The summed E-state index contributed by atoms with van der Waals surface area (Å²) >= 11 is 0. The molecule has 0 radical (unpaired) electrons. The molecule has 0 saturated heterocycles. The Kier molecular flexibility index (Phi) is 14.5. The molecule has 9 N–H and O–H groups in total. The van der Waals surface area contributed by atoms with Gasteiger partial charge in [-0.3, -0.25) is 28.1 Å². The molecule has 0 spiro atoms. The monoisotopic (exact) mass is 1070 g/mol. The standard InChI is InChI=1S/C40H32N8O20S4/c49-12-14-67-30-19-29(31(68-15-13-50)18-28(30)43-42-27-11-10-25-26(38(27)72(64,65)66)2-1-3-32(25)70(58,59)60)44-45-34-33(71(61,62)63)17-20-16-21(4-9-24(20)37(34)51)41-46-35-36(40(53)54)47-48(39(35)52)22-5-7-23(8-6-22)69(55,56)57/h1-11,16-19,47,49-51H,12-15H2,(H,53,54)(H,55,56,57)(H,58,59,60)(H,61,62,63)(H,64,65,66). The van der Waals surface area contributed by atoms with E-state index in [1.165, 1.54) is 12.1 Å². The van der Waals surface area contributed by atoms with Gasteiger partial charge in [0.05, 0.1) is 29.5 Å². The molecule has 6 aromatic carbocycles. The maximum absolute atomic E-state index is 13.3. The Morgan fingerprint density at radius 3 is 1.71 bits per heavy atom.